The number of carbonyl (C=O) groups excluding carboxylic acids is 1. The molecule has 0 spiro atoms. The number of benzene rings is 1. The fourth-order valence-corrected chi connectivity index (χ4v) is 2.02. The first-order valence-electron chi connectivity index (χ1n) is 5.99. The third-order valence-electron chi connectivity index (χ3n) is 2.49. The molecule has 2 N–H and O–H groups in total. The van der Waals surface area contributed by atoms with E-state index in [1.165, 1.54) is 5.56 Å². The summed E-state index contributed by atoms with van der Waals surface area (Å²) >= 11 is 1.08. The van der Waals surface area contributed by atoms with Crippen molar-refractivity contribution in [3.05, 3.63) is 29.8 Å². The molecule has 1 rings (SSSR count). The Morgan fingerprint density at radius 1 is 1.16 bits per heavy atom. The Kier molecular flexibility index (Phi) is 5.42. The number of carboxylic acids is 1. The minimum absolute atomic E-state index is 0.0591. The van der Waals surface area contributed by atoms with Crippen molar-refractivity contribution in [2.75, 3.05) is 16.8 Å². The number of carbonyl (C=O) groups is 2. The number of nitrogens with one attached hydrogen (secondary N) is 1. The maximum Gasteiger partial charge on any atom is 0.313 e. The number of carboxylic acid groups (broad SMARTS) is 1. The second-order valence-corrected chi connectivity index (χ2v) is 6.25. The molecule has 0 atom stereocenters. The molecule has 4 nitrogen and oxygen atoms in total. The molecule has 0 bridgehead atoms. The highest BCUT2D eigenvalue weighted by atomic mass is 32.2. The largest absolute Gasteiger partial charge is 0.481 e. The average molecular weight is 281 g/mol. The maximum absolute atomic E-state index is 11.6. The van der Waals surface area contributed by atoms with Gasteiger partial charge in [-0.3, -0.25) is 9.59 Å². The monoisotopic (exact) mass is 281 g/mol. The molecule has 1 amide bonds. The zero-order valence-electron chi connectivity index (χ0n) is 11.4. The fraction of sp³-hybridized carbons (Fsp3) is 0.429. The standard InChI is InChI=1S/C14H19NO3S/c1-14(2,3)10-4-6-11(7-5-10)15-12(16)8-19-9-13(17)18/h4-7H,8-9H2,1-3H3,(H,15,16)(H,17,18). The Labute approximate surface area is 117 Å². The molecule has 0 unspecified atom stereocenters. The minimum atomic E-state index is -0.910. The van der Waals surface area contributed by atoms with Gasteiger partial charge >= 0.3 is 5.97 Å². The molecule has 5 heteroatoms. The predicted molar refractivity (Wildman–Crippen MR) is 78.7 cm³/mol. The molecular formula is C14H19NO3S. The van der Waals surface area contributed by atoms with Gasteiger partial charge in [0.2, 0.25) is 5.91 Å². The zero-order valence-corrected chi connectivity index (χ0v) is 12.2. The van der Waals surface area contributed by atoms with Crippen molar-refractivity contribution in [1.29, 1.82) is 0 Å². The van der Waals surface area contributed by atoms with Gasteiger partial charge in [0, 0.05) is 5.69 Å². The lowest BCUT2D eigenvalue weighted by Crippen LogP contribution is -2.16. The molecule has 1 aromatic carbocycles. The first-order valence-corrected chi connectivity index (χ1v) is 7.14. The normalized spacial score (nSPS) is 11.1. The third kappa shape index (κ3) is 5.79. The molecule has 0 fully saturated rings. The van der Waals surface area contributed by atoms with Crippen LogP contribution < -0.4 is 5.32 Å². The summed E-state index contributed by atoms with van der Waals surface area (Å²) in [6.07, 6.45) is 0. The number of anilines is 1. The molecule has 0 heterocycles. The van der Waals surface area contributed by atoms with E-state index in [0.717, 1.165) is 17.4 Å². The van der Waals surface area contributed by atoms with E-state index in [9.17, 15) is 9.59 Å². The second-order valence-electron chi connectivity index (χ2n) is 5.26. The van der Waals surface area contributed by atoms with Crippen LogP contribution in [-0.2, 0) is 15.0 Å². The number of hydrogen-bond acceptors (Lipinski definition) is 3. The van der Waals surface area contributed by atoms with Gasteiger partial charge in [0.15, 0.2) is 0 Å². The Balaban J connectivity index is 2.49. The summed E-state index contributed by atoms with van der Waals surface area (Å²) in [6, 6.07) is 7.70. The lowest BCUT2D eigenvalue weighted by molar-refractivity contribution is -0.133. The van der Waals surface area contributed by atoms with Gasteiger partial charge < -0.3 is 10.4 Å². The third-order valence-corrected chi connectivity index (χ3v) is 3.41. The fourth-order valence-electron chi connectivity index (χ4n) is 1.48. The van der Waals surface area contributed by atoms with E-state index in [0.29, 0.717) is 0 Å². The van der Waals surface area contributed by atoms with Gasteiger partial charge in [0.1, 0.15) is 0 Å². The van der Waals surface area contributed by atoms with Crippen LogP contribution in [0.3, 0.4) is 0 Å². The number of thioether (sulfide) groups is 1. The van der Waals surface area contributed by atoms with Crippen LogP contribution in [0.25, 0.3) is 0 Å². The molecule has 1 aromatic rings. The molecular weight excluding hydrogens is 262 g/mol. The van der Waals surface area contributed by atoms with Crippen LogP contribution in [0.15, 0.2) is 24.3 Å². The summed E-state index contributed by atoms with van der Waals surface area (Å²) in [6.45, 7) is 6.38. The van der Waals surface area contributed by atoms with Crippen molar-refractivity contribution < 1.29 is 14.7 Å². The summed E-state index contributed by atoms with van der Waals surface area (Å²) < 4.78 is 0. The molecule has 0 saturated heterocycles. The van der Waals surface area contributed by atoms with Gasteiger partial charge in [-0.15, -0.1) is 11.8 Å². The topological polar surface area (TPSA) is 66.4 Å². The Hall–Kier alpha value is -1.49. The van der Waals surface area contributed by atoms with Gasteiger partial charge in [-0.25, -0.2) is 0 Å². The van der Waals surface area contributed by atoms with E-state index in [1.54, 1.807) is 0 Å². The summed E-state index contributed by atoms with van der Waals surface area (Å²) in [5.41, 5.74) is 2.01. The maximum atomic E-state index is 11.6. The summed E-state index contributed by atoms with van der Waals surface area (Å²) in [5.74, 6) is -1.01. The minimum Gasteiger partial charge on any atom is -0.481 e. The molecule has 0 saturated carbocycles. The van der Waals surface area contributed by atoms with Crippen LogP contribution in [0.4, 0.5) is 5.69 Å². The molecule has 0 aromatic heterocycles. The van der Waals surface area contributed by atoms with E-state index < -0.39 is 5.97 Å². The van der Waals surface area contributed by atoms with Gasteiger partial charge in [-0.05, 0) is 23.1 Å². The van der Waals surface area contributed by atoms with E-state index in [-0.39, 0.29) is 22.8 Å². The first-order chi connectivity index (χ1) is 8.79. The lowest BCUT2D eigenvalue weighted by Gasteiger charge is -2.19. The Morgan fingerprint density at radius 3 is 2.21 bits per heavy atom. The van der Waals surface area contributed by atoms with E-state index in [2.05, 4.69) is 26.1 Å². The quantitative estimate of drug-likeness (QED) is 0.871. The number of amides is 1. The highest BCUT2D eigenvalue weighted by molar-refractivity contribution is 8.00. The lowest BCUT2D eigenvalue weighted by atomic mass is 9.87. The second kappa shape index (κ2) is 6.61. The first kappa shape index (κ1) is 15.6. The van der Waals surface area contributed by atoms with Gasteiger partial charge in [-0.2, -0.15) is 0 Å². The van der Waals surface area contributed by atoms with Crippen molar-refractivity contribution in [3.8, 4) is 0 Å². The van der Waals surface area contributed by atoms with Crippen LogP contribution in [0, 0.1) is 0 Å². The van der Waals surface area contributed by atoms with E-state index in [4.69, 9.17) is 5.11 Å². The molecule has 0 radical (unpaired) electrons. The predicted octanol–water partition coefficient (Wildman–Crippen LogP) is 2.74. The van der Waals surface area contributed by atoms with Gasteiger partial charge in [0.25, 0.3) is 0 Å². The molecule has 0 aliphatic carbocycles. The van der Waals surface area contributed by atoms with Crippen LogP contribution >= 0.6 is 11.8 Å². The van der Waals surface area contributed by atoms with Crippen LogP contribution in [0.2, 0.25) is 0 Å². The van der Waals surface area contributed by atoms with Crippen molar-refractivity contribution in [2.24, 2.45) is 0 Å². The van der Waals surface area contributed by atoms with Gasteiger partial charge in [-0.1, -0.05) is 32.9 Å². The molecule has 0 aliphatic heterocycles. The zero-order chi connectivity index (χ0) is 14.5. The highest BCUT2D eigenvalue weighted by Crippen LogP contribution is 2.23. The van der Waals surface area contributed by atoms with Gasteiger partial charge in [0.05, 0.1) is 11.5 Å². The van der Waals surface area contributed by atoms with Crippen LogP contribution in [-0.4, -0.2) is 28.5 Å². The average Bonchev–Trinajstić information content (AvgIpc) is 2.27. The molecule has 0 aliphatic rings. The smallest absolute Gasteiger partial charge is 0.313 e. The van der Waals surface area contributed by atoms with Crippen molar-refractivity contribution in [2.45, 2.75) is 26.2 Å². The van der Waals surface area contributed by atoms with E-state index >= 15 is 0 Å². The summed E-state index contributed by atoms with van der Waals surface area (Å²) in [4.78, 5) is 21.9. The molecule has 19 heavy (non-hydrogen) atoms. The number of rotatable bonds is 5. The Bertz CT molecular complexity index is 449. The molecule has 104 valence electrons. The van der Waals surface area contributed by atoms with Crippen molar-refractivity contribution in [1.82, 2.24) is 0 Å². The van der Waals surface area contributed by atoms with E-state index in [1.807, 2.05) is 24.3 Å². The van der Waals surface area contributed by atoms with Crippen LogP contribution in [0.5, 0.6) is 0 Å². The van der Waals surface area contributed by atoms with Crippen molar-refractivity contribution >= 4 is 29.3 Å². The summed E-state index contributed by atoms with van der Waals surface area (Å²) in [7, 11) is 0. The summed E-state index contributed by atoms with van der Waals surface area (Å²) in [5, 5.41) is 11.2. The number of hydrogen-bond donors (Lipinski definition) is 2. The number of aliphatic carboxylic acids is 1. The highest BCUT2D eigenvalue weighted by Gasteiger charge is 2.13. The SMILES string of the molecule is CC(C)(C)c1ccc(NC(=O)CSCC(=O)O)cc1. The Morgan fingerprint density at radius 2 is 1.74 bits per heavy atom. The van der Waals surface area contributed by atoms with Crippen LogP contribution in [0.1, 0.15) is 26.3 Å². The van der Waals surface area contributed by atoms with Crippen molar-refractivity contribution in [3.63, 3.8) is 0 Å².